The van der Waals surface area contributed by atoms with Crippen LogP contribution >= 0.6 is 11.6 Å². The number of hydrogen-bond donors (Lipinski definition) is 1. The topological polar surface area (TPSA) is 69.2 Å². The number of halogens is 1. The lowest BCUT2D eigenvalue weighted by atomic mass is 10.8. The van der Waals surface area contributed by atoms with E-state index in [1.54, 1.807) is 4.72 Å². The van der Waals surface area contributed by atoms with Gasteiger partial charge in [0.05, 0.1) is 6.54 Å². The van der Waals surface area contributed by atoms with Crippen molar-refractivity contribution in [3.8, 4) is 0 Å². The van der Waals surface area contributed by atoms with Gasteiger partial charge in [-0.15, -0.1) is 0 Å². The average Bonchev–Trinajstić information content (AvgIpc) is 1.61. The Labute approximate surface area is 53.6 Å². The van der Waals surface area contributed by atoms with Gasteiger partial charge in [0.2, 0.25) is 5.24 Å². The number of hydrogen-bond acceptors (Lipinski definition) is 3. The van der Waals surface area contributed by atoms with Crippen molar-refractivity contribution in [2.75, 3.05) is 6.54 Å². The second kappa shape index (κ2) is 3.96. The van der Waals surface area contributed by atoms with E-state index < -0.39 is 16.5 Å². The second-order valence-electron chi connectivity index (χ2n) is 0.911. The first-order valence-electron chi connectivity index (χ1n) is 1.64. The zero-order chi connectivity index (χ0) is 6.57. The van der Waals surface area contributed by atoms with Crippen molar-refractivity contribution in [1.82, 2.24) is 4.72 Å². The van der Waals surface area contributed by atoms with Crippen LogP contribution in [0.5, 0.6) is 0 Å². The van der Waals surface area contributed by atoms with E-state index >= 15 is 0 Å². The largest absolute Gasteiger partial charge is 0.760 e. The summed E-state index contributed by atoms with van der Waals surface area (Å²) in [5.41, 5.74) is 0. The smallest absolute Gasteiger partial charge is 0.236 e. The first kappa shape index (κ1) is 8.03. The summed E-state index contributed by atoms with van der Waals surface area (Å²) in [5.74, 6) is 0. The Balaban J connectivity index is 3.18. The first-order valence-corrected chi connectivity index (χ1v) is 3.09. The fraction of sp³-hybridized carbons (Fsp3) is 0.500. The minimum absolute atomic E-state index is 0.350. The maximum absolute atomic E-state index is 9.78. The third kappa shape index (κ3) is 6.03. The fourth-order valence-electron chi connectivity index (χ4n) is 0.116. The van der Waals surface area contributed by atoms with E-state index in [-0.39, 0.29) is 6.54 Å². The molecular weight excluding hydrogens is 154 g/mol. The van der Waals surface area contributed by atoms with Gasteiger partial charge in [-0.1, -0.05) is 0 Å². The highest BCUT2D eigenvalue weighted by atomic mass is 35.5. The zero-order valence-electron chi connectivity index (χ0n) is 3.72. The number of rotatable bonds is 3. The number of carbonyl (C=O) groups excluding carboxylic acids is 1. The van der Waals surface area contributed by atoms with Gasteiger partial charge in [0.1, 0.15) is 0 Å². The normalized spacial score (nSPS) is 13.2. The second-order valence-corrected chi connectivity index (χ2v) is 2.09. The summed E-state index contributed by atoms with van der Waals surface area (Å²) in [4.78, 5) is 9.78. The van der Waals surface area contributed by atoms with Crippen LogP contribution in [0.1, 0.15) is 0 Å². The summed E-state index contributed by atoms with van der Waals surface area (Å²) < 4.78 is 20.9. The molecule has 0 saturated heterocycles. The third-order valence-corrected chi connectivity index (χ3v) is 0.843. The molecule has 0 aliphatic rings. The van der Waals surface area contributed by atoms with Gasteiger partial charge in [-0.3, -0.25) is 9.00 Å². The van der Waals surface area contributed by atoms with Crippen LogP contribution in [-0.4, -0.2) is 20.5 Å². The predicted molar refractivity (Wildman–Crippen MR) is 27.8 cm³/mol. The van der Waals surface area contributed by atoms with Gasteiger partial charge in [0.15, 0.2) is 0 Å². The molecular formula is C2H3ClNO3S-. The summed E-state index contributed by atoms with van der Waals surface area (Å²) in [5, 5.41) is -0.728. The van der Waals surface area contributed by atoms with E-state index in [9.17, 15) is 13.6 Å². The molecule has 0 amide bonds. The van der Waals surface area contributed by atoms with Gasteiger partial charge in [0, 0.05) is 11.3 Å². The first-order chi connectivity index (χ1) is 3.63. The van der Waals surface area contributed by atoms with Crippen LogP contribution in [0.2, 0.25) is 0 Å². The molecule has 0 saturated carbocycles. The predicted octanol–water partition coefficient (Wildman–Crippen LogP) is -0.865. The Hall–Kier alpha value is 0.0300. The summed E-state index contributed by atoms with van der Waals surface area (Å²) in [6.07, 6.45) is 0. The van der Waals surface area contributed by atoms with Gasteiger partial charge in [-0.2, -0.15) is 0 Å². The molecule has 8 heavy (non-hydrogen) atoms. The van der Waals surface area contributed by atoms with E-state index in [0.29, 0.717) is 0 Å². The quantitative estimate of drug-likeness (QED) is 0.427. The van der Waals surface area contributed by atoms with Crippen LogP contribution in [0.3, 0.4) is 0 Å². The van der Waals surface area contributed by atoms with E-state index in [4.69, 9.17) is 11.6 Å². The third-order valence-electron chi connectivity index (χ3n) is 0.329. The molecule has 1 unspecified atom stereocenters. The summed E-state index contributed by atoms with van der Waals surface area (Å²) in [6, 6.07) is 0. The van der Waals surface area contributed by atoms with Crippen LogP contribution in [0.15, 0.2) is 0 Å². The molecule has 0 rings (SSSR count). The average molecular weight is 157 g/mol. The molecule has 0 aliphatic heterocycles. The maximum atomic E-state index is 9.78. The minimum Gasteiger partial charge on any atom is -0.760 e. The lowest BCUT2D eigenvalue weighted by molar-refractivity contribution is -0.110. The van der Waals surface area contributed by atoms with Gasteiger partial charge in [0.25, 0.3) is 0 Å². The Kier molecular flexibility index (Phi) is 3.98. The highest BCUT2D eigenvalue weighted by Gasteiger charge is 1.91. The summed E-state index contributed by atoms with van der Waals surface area (Å²) >= 11 is 2.36. The molecule has 1 atom stereocenters. The minimum atomic E-state index is -2.39. The van der Waals surface area contributed by atoms with E-state index in [1.165, 1.54) is 0 Å². The molecule has 6 heteroatoms. The SMILES string of the molecule is O=C(Cl)CNS(=O)[O-]. The molecule has 0 radical (unpaired) electrons. The van der Waals surface area contributed by atoms with Gasteiger partial charge in [-0.05, 0) is 11.6 Å². The van der Waals surface area contributed by atoms with Crippen molar-refractivity contribution in [2.24, 2.45) is 0 Å². The Morgan fingerprint density at radius 3 is 2.50 bits per heavy atom. The van der Waals surface area contributed by atoms with Gasteiger partial charge >= 0.3 is 0 Å². The van der Waals surface area contributed by atoms with Gasteiger partial charge in [-0.25, -0.2) is 4.72 Å². The fourth-order valence-corrected chi connectivity index (χ4v) is 0.511. The van der Waals surface area contributed by atoms with Crippen LogP contribution in [0, 0.1) is 0 Å². The maximum Gasteiger partial charge on any atom is 0.236 e. The molecule has 0 aliphatic carbocycles. The van der Waals surface area contributed by atoms with Gasteiger partial charge < -0.3 is 4.55 Å². The van der Waals surface area contributed by atoms with Crippen molar-refractivity contribution in [2.45, 2.75) is 0 Å². The molecule has 0 spiro atoms. The van der Waals surface area contributed by atoms with Crippen molar-refractivity contribution in [1.29, 1.82) is 0 Å². The van der Waals surface area contributed by atoms with Crippen LogP contribution < -0.4 is 4.72 Å². The van der Waals surface area contributed by atoms with Crippen LogP contribution in [0.25, 0.3) is 0 Å². The van der Waals surface area contributed by atoms with Crippen molar-refractivity contribution >= 4 is 28.1 Å². The van der Waals surface area contributed by atoms with Crippen molar-refractivity contribution in [3.05, 3.63) is 0 Å². The molecule has 0 aromatic heterocycles. The Bertz CT molecular complexity index is 102. The lowest BCUT2D eigenvalue weighted by Gasteiger charge is -2.01. The number of nitrogens with one attached hydrogen (secondary N) is 1. The standard InChI is InChI=1S/C2H4ClNO3S/c3-2(5)1-4-8(6)7/h4H,1H2,(H,6,7)/p-1. The van der Waals surface area contributed by atoms with Crippen LogP contribution in [-0.2, 0) is 16.1 Å². The van der Waals surface area contributed by atoms with Crippen molar-refractivity contribution < 1.29 is 13.6 Å². The molecule has 0 heterocycles. The number of carbonyl (C=O) groups is 1. The molecule has 4 nitrogen and oxygen atoms in total. The van der Waals surface area contributed by atoms with E-state index in [0.717, 1.165) is 0 Å². The molecule has 0 bridgehead atoms. The summed E-state index contributed by atoms with van der Waals surface area (Å²) in [7, 11) is 0. The highest BCUT2D eigenvalue weighted by Crippen LogP contribution is 1.74. The molecule has 0 aromatic rings. The van der Waals surface area contributed by atoms with E-state index in [2.05, 4.69) is 0 Å². The molecule has 1 N–H and O–H groups in total. The molecule has 48 valence electrons. The summed E-state index contributed by atoms with van der Waals surface area (Å²) in [6.45, 7) is -0.350. The van der Waals surface area contributed by atoms with E-state index in [1.807, 2.05) is 0 Å². The Morgan fingerprint density at radius 1 is 1.88 bits per heavy atom. The lowest BCUT2D eigenvalue weighted by Crippen LogP contribution is -2.21. The van der Waals surface area contributed by atoms with Crippen molar-refractivity contribution in [3.63, 3.8) is 0 Å². The highest BCUT2D eigenvalue weighted by molar-refractivity contribution is 7.77. The molecule has 0 fully saturated rings. The van der Waals surface area contributed by atoms with Crippen LogP contribution in [0.4, 0.5) is 0 Å². The zero-order valence-corrected chi connectivity index (χ0v) is 5.29. The molecule has 0 aromatic carbocycles. The Morgan fingerprint density at radius 2 is 2.38 bits per heavy atom. The monoisotopic (exact) mass is 156 g/mol.